The van der Waals surface area contributed by atoms with Crippen LogP contribution < -0.4 is 0 Å². The van der Waals surface area contributed by atoms with Crippen LogP contribution in [-0.4, -0.2) is 22.4 Å². The Labute approximate surface area is 123 Å². The van der Waals surface area contributed by atoms with Crippen molar-refractivity contribution in [3.63, 3.8) is 0 Å². The summed E-state index contributed by atoms with van der Waals surface area (Å²) in [5, 5.41) is 14.0. The zero-order valence-electron chi connectivity index (χ0n) is 12.2. The van der Waals surface area contributed by atoms with Crippen molar-refractivity contribution in [2.24, 2.45) is 0 Å². The highest BCUT2D eigenvalue weighted by molar-refractivity contribution is 5.61. The number of phenols is 1. The van der Waals surface area contributed by atoms with E-state index < -0.39 is 5.60 Å². The van der Waals surface area contributed by atoms with E-state index >= 15 is 0 Å². The number of phenolic OH excluding ortho intramolecular Hbond substituents is 1. The molecule has 5 nitrogen and oxygen atoms in total. The predicted octanol–water partition coefficient (Wildman–Crippen LogP) is 3.64. The van der Waals surface area contributed by atoms with Gasteiger partial charge in [-0.25, -0.2) is 0 Å². The van der Waals surface area contributed by atoms with Gasteiger partial charge in [0.15, 0.2) is 0 Å². The van der Waals surface area contributed by atoms with Gasteiger partial charge < -0.3 is 14.4 Å². The van der Waals surface area contributed by atoms with Crippen molar-refractivity contribution in [2.75, 3.05) is 7.11 Å². The van der Waals surface area contributed by atoms with Gasteiger partial charge in [0.25, 0.3) is 5.89 Å². The van der Waals surface area contributed by atoms with Gasteiger partial charge in [0.05, 0.1) is 5.56 Å². The van der Waals surface area contributed by atoms with Crippen LogP contribution in [0.15, 0.2) is 28.8 Å². The normalized spacial score (nSPS) is 18.3. The number of aromatic hydroxyl groups is 1. The summed E-state index contributed by atoms with van der Waals surface area (Å²) in [4.78, 5) is 4.49. The summed E-state index contributed by atoms with van der Waals surface area (Å²) in [6, 6.07) is 6.96. The van der Waals surface area contributed by atoms with E-state index in [1.807, 2.05) is 6.07 Å². The Bertz CT molecular complexity index is 601. The van der Waals surface area contributed by atoms with Crippen LogP contribution in [0.1, 0.15) is 44.3 Å². The molecule has 1 aromatic heterocycles. The smallest absolute Gasteiger partial charge is 0.261 e. The molecule has 112 valence electrons. The van der Waals surface area contributed by atoms with Crippen molar-refractivity contribution >= 4 is 0 Å². The molecule has 2 aromatic rings. The quantitative estimate of drug-likeness (QED) is 0.873. The summed E-state index contributed by atoms with van der Waals surface area (Å²) in [6.45, 7) is 0. The van der Waals surface area contributed by atoms with Crippen molar-refractivity contribution in [1.82, 2.24) is 10.1 Å². The first-order chi connectivity index (χ1) is 10.2. The topological polar surface area (TPSA) is 68.4 Å². The second-order valence-electron chi connectivity index (χ2n) is 5.55. The van der Waals surface area contributed by atoms with E-state index in [9.17, 15) is 5.11 Å². The van der Waals surface area contributed by atoms with Gasteiger partial charge in [-0.05, 0) is 25.0 Å². The molecule has 0 saturated heterocycles. The summed E-state index contributed by atoms with van der Waals surface area (Å²) in [5.41, 5.74) is 0.0963. The van der Waals surface area contributed by atoms with Crippen LogP contribution in [0.25, 0.3) is 11.5 Å². The molecule has 0 atom stereocenters. The Morgan fingerprint density at radius 3 is 2.52 bits per heavy atom. The maximum atomic E-state index is 9.89. The molecule has 21 heavy (non-hydrogen) atoms. The molecular formula is C16H20N2O3. The van der Waals surface area contributed by atoms with Crippen LogP contribution in [-0.2, 0) is 10.3 Å². The number of nitrogens with zero attached hydrogens (tertiary/aromatic N) is 2. The van der Waals surface area contributed by atoms with E-state index in [0.29, 0.717) is 17.3 Å². The molecule has 0 spiro atoms. The molecule has 5 heteroatoms. The molecule has 0 radical (unpaired) electrons. The number of methoxy groups -OCH3 is 1. The van der Waals surface area contributed by atoms with Gasteiger partial charge in [0.2, 0.25) is 5.82 Å². The van der Waals surface area contributed by atoms with Crippen LogP contribution in [0.5, 0.6) is 5.75 Å². The standard InChI is InChI=1S/C16H20N2O3/c1-20-16(10-6-2-3-7-11-16)15-17-14(21-18-15)12-8-4-5-9-13(12)19/h4-5,8-9,19H,2-3,6-7,10-11H2,1H3. The second-order valence-corrected chi connectivity index (χ2v) is 5.55. The lowest BCUT2D eigenvalue weighted by Gasteiger charge is -2.27. The SMILES string of the molecule is COC1(c2noc(-c3ccccc3O)n2)CCCCCC1. The van der Waals surface area contributed by atoms with Gasteiger partial charge in [-0.2, -0.15) is 4.98 Å². The van der Waals surface area contributed by atoms with E-state index in [1.165, 1.54) is 12.8 Å². The predicted molar refractivity (Wildman–Crippen MR) is 77.8 cm³/mol. The average Bonchev–Trinajstić information content (AvgIpc) is 2.87. The van der Waals surface area contributed by atoms with Gasteiger partial charge in [-0.15, -0.1) is 0 Å². The molecule has 3 rings (SSSR count). The third-order valence-electron chi connectivity index (χ3n) is 4.27. The number of aromatic nitrogens is 2. The van der Waals surface area contributed by atoms with E-state index in [2.05, 4.69) is 10.1 Å². The molecule has 1 aliphatic rings. The van der Waals surface area contributed by atoms with Crippen LogP contribution >= 0.6 is 0 Å². The van der Waals surface area contributed by atoms with Crippen LogP contribution in [0, 0.1) is 0 Å². The minimum absolute atomic E-state index is 0.139. The first kappa shape index (κ1) is 14.1. The molecule has 0 unspecified atom stereocenters. The van der Waals surface area contributed by atoms with Gasteiger partial charge in [0, 0.05) is 7.11 Å². The summed E-state index contributed by atoms with van der Waals surface area (Å²) < 4.78 is 11.1. The zero-order chi connectivity index (χ0) is 14.7. The summed E-state index contributed by atoms with van der Waals surface area (Å²) in [7, 11) is 1.71. The van der Waals surface area contributed by atoms with Crippen LogP contribution in [0.3, 0.4) is 0 Å². The molecule has 1 saturated carbocycles. The Morgan fingerprint density at radius 2 is 1.86 bits per heavy atom. The Balaban J connectivity index is 1.95. The van der Waals surface area contributed by atoms with Crippen molar-refractivity contribution in [1.29, 1.82) is 0 Å². The Kier molecular flexibility index (Phi) is 3.92. The highest BCUT2D eigenvalue weighted by Crippen LogP contribution is 2.38. The van der Waals surface area contributed by atoms with Crippen molar-refractivity contribution < 1.29 is 14.4 Å². The van der Waals surface area contributed by atoms with Gasteiger partial charge in [-0.3, -0.25) is 0 Å². The van der Waals surface area contributed by atoms with Gasteiger partial charge in [0.1, 0.15) is 11.4 Å². The fourth-order valence-electron chi connectivity index (χ4n) is 2.99. The van der Waals surface area contributed by atoms with Crippen molar-refractivity contribution in [3.8, 4) is 17.2 Å². The largest absolute Gasteiger partial charge is 0.507 e. The minimum Gasteiger partial charge on any atom is -0.507 e. The van der Waals surface area contributed by atoms with E-state index in [1.54, 1.807) is 25.3 Å². The molecule has 1 fully saturated rings. The maximum Gasteiger partial charge on any atom is 0.261 e. The van der Waals surface area contributed by atoms with Crippen LogP contribution in [0.4, 0.5) is 0 Å². The van der Waals surface area contributed by atoms with Crippen molar-refractivity contribution in [2.45, 2.75) is 44.1 Å². The number of hydrogen-bond donors (Lipinski definition) is 1. The summed E-state index contributed by atoms with van der Waals surface area (Å²) in [6.07, 6.45) is 6.46. The highest BCUT2D eigenvalue weighted by Gasteiger charge is 2.37. The number of benzene rings is 1. The maximum absolute atomic E-state index is 9.89. The lowest BCUT2D eigenvalue weighted by atomic mass is 9.93. The third kappa shape index (κ3) is 2.65. The molecule has 0 amide bonds. The molecule has 1 aliphatic carbocycles. The van der Waals surface area contributed by atoms with E-state index in [4.69, 9.17) is 9.26 Å². The number of para-hydroxylation sites is 1. The second kappa shape index (κ2) is 5.85. The minimum atomic E-state index is -0.456. The molecule has 0 bridgehead atoms. The lowest BCUT2D eigenvalue weighted by Crippen LogP contribution is -2.29. The van der Waals surface area contributed by atoms with Gasteiger partial charge in [-0.1, -0.05) is 43.0 Å². The Morgan fingerprint density at radius 1 is 1.14 bits per heavy atom. The van der Waals surface area contributed by atoms with E-state index in [-0.39, 0.29) is 5.75 Å². The number of ether oxygens (including phenoxy) is 1. The third-order valence-corrected chi connectivity index (χ3v) is 4.27. The zero-order valence-corrected chi connectivity index (χ0v) is 12.2. The van der Waals surface area contributed by atoms with Crippen LogP contribution in [0.2, 0.25) is 0 Å². The lowest BCUT2D eigenvalue weighted by molar-refractivity contribution is -0.0365. The fraction of sp³-hybridized carbons (Fsp3) is 0.500. The van der Waals surface area contributed by atoms with E-state index in [0.717, 1.165) is 25.7 Å². The monoisotopic (exact) mass is 288 g/mol. The molecule has 0 aliphatic heterocycles. The Hall–Kier alpha value is -1.88. The number of rotatable bonds is 3. The number of hydrogen-bond acceptors (Lipinski definition) is 5. The average molecular weight is 288 g/mol. The highest BCUT2D eigenvalue weighted by atomic mass is 16.5. The molecule has 1 aromatic carbocycles. The molecule has 1 N–H and O–H groups in total. The fourth-order valence-corrected chi connectivity index (χ4v) is 2.99. The summed E-state index contributed by atoms with van der Waals surface area (Å²) in [5.74, 6) is 1.06. The first-order valence-corrected chi connectivity index (χ1v) is 7.43. The van der Waals surface area contributed by atoms with Gasteiger partial charge >= 0.3 is 0 Å². The first-order valence-electron chi connectivity index (χ1n) is 7.43. The molecular weight excluding hydrogens is 268 g/mol. The molecule has 1 heterocycles. The summed E-state index contributed by atoms with van der Waals surface area (Å²) >= 11 is 0. The van der Waals surface area contributed by atoms with Crippen molar-refractivity contribution in [3.05, 3.63) is 30.1 Å².